The van der Waals surface area contributed by atoms with Gasteiger partial charge in [-0.1, -0.05) is 30.3 Å². The summed E-state index contributed by atoms with van der Waals surface area (Å²) in [7, 11) is 0. The molecule has 3 N–H and O–H groups in total. The Labute approximate surface area is 177 Å². The molecule has 1 aliphatic rings. The molecule has 1 aromatic carbocycles. The van der Waals surface area contributed by atoms with E-state index in [0.717, 1.165) is 5.56 Å². The monoisotopic (exact) mass is 430 g/mol. The van der Waals surface area contributed by atoms with Crippen molar-refractivity contribution in [2.45, 2.75) is 38.0 Å². The highest BCUT2D eigenvalue weighted by Crippen LogP contribution is 2.17. The van der Waals surface area contributed by atoms with Crippen LogP contribution in [0.4, 0.5) is 4.79 Å². The number of aromatic nitrogens is 1. The predicted molar refractivity (Wildman–Crippen MR) is 108 cm³/mol. The second kappa shape index (κ2) is 10.5. The molecule has 2 unspecified atom stereocenters. The SMILES string of the molecule is O=C(NC(C(=O)NC1CCCCNC(=O)C1=O)c1nccs1)OCc1ccccc1. The molecule has 0 saturated carbocycles. The van der Waals surface area contributed by atoms with Gasteiger partial charge in [0, 0.05) is 18.1 Å². The fourth-order valence-electron chi connectivity index (χ4n) is 2.94. The lowest BCUT2D eigenvalue weighted by Crippen LogP contribution is -2.51. The van der Waals surface area contributed by atoms with E-state index in [1.807, 2.05) is 30.3 Å². The topological polar surface area (TPSA) is 126 Å². The second-order valence-electron chi connectivity index (χ2n) is 6.69. The van der Waals surface area contributed by atoms with Crippen molar-refractivity contribution in [3.63, 3.8) is 0 Å². The molecule has 3 amide bonds. The molecule has 9 nitrogen and oxygen atoms in total. The van der Waals surface area contributed by atoms with E-state index >= 15 is 0 Å². The van der Waals surface area contributed by atoms with Crippen LogP contribution in [0.2, 0.25) is 0 Å². The number of thiazole rings is 1. The lowest BCUT2D eigenvalue weighted by Gasteiger charge is -2.22. The summed E-state index contributed by atoms with van der Waals surface area (Å²) < 4.78 is 5.19. The smallest absolute Gasteiger partial charge is 0.408 e. The van der Waals surface area contributed by atoms with E-state index in [4.69, 9.17) is 4.74 Å². The third-order valence-corrected chi connectivity index (χ3v) is 5.34. The van der Waals surface area contributed by atoms with Gasteiger partial charge in [-0.15, -0.1) is 11.3 Å². The largest absolute Gasteiger partial charge is 0.445 e. The van der Waals surface area contributed by atoms with Crippen LogP contribution in [0.3, 0.4) is 0 Å². The Bertz CT molecular complexity index is 888. The molecule has 3 rings (SSSR count). The molecule has 1 fully saturated rings. The number of nitrogens with zero attached hydrogens (tertiary/aromatic N) is 1. The van der Waals surface area contributed by atoms with E-state index in [1.165, 1.54) is 17.5 Å². The molecule has 1 aromatic heterocycles. The lowest BCUT2D eigenvalue weighted by molar-refractivity contribution is -0.140. The van der Waals surface area contributed by atoms with Crippen molar-refractivity contribution in [1.82, 2.24) is 20.9 Å². The first-order valence-electron chi connectivity index (χ1n) is 9.53. The van der Waals surface area contributed by atoms with Gasteiger partial charge in [-0.2, -0.15) is 0 Å². The fraction of sp³-hybridized carbons (Fsp3) is 0.350. The molecule has 2 heterocycles. The minimum Gasteiger partial charge on any atom is -0.445 e. The summed E-state index contributed by atoms with van der Waals surface area (Å²) in [4.78, 5) is 53.3. The minimum atomic E-state index is -1.14. The molecule has 0 radical (unpaired) electrons. The predicted octanol–water partition coefficient (Wildman–Crippen LogP) is 1.46. The maximum atomic E-state index is 12.9. The summed E-state index contributed by atoms with van der Waals surface area (Å²) in [6.07, 6.45) is 2.44. The number of rotatable bonds is 6. The third-order valence-electron chi connectivity index (χ3n) is 4.50. The van der Waals surface area contributed by atoms with E-state index in [1.54, 1.807) is 5.38 Å². The van der Waals surface area contributed by atoms with Gasteiger partial charge in [-0.3, -0.25) is 14.4 Å². The van der Waals surface area contributed by atoms with Gasteiger partial charge in [0.05, 0.1) is 6.04 Å². The Kier molecular flexibility index (Phi) is 7.50. The average molecular weight is 430 g/mol. The molecule has 1 aliphatic heterocycles. The number of benzene rings is 1. The number of nitrogens with one attached hydrogen (secondary N) is 3. The first-order valence-corrected chi connectivity index (χ1v) is 10.4. The van der Waals surface area contributed by atoms with Crippen LogP contribution in [0.5, 0.6) is 0 Å². The number of hydrogen-bond acceptors (Lipinski definition) is 7. The van der Waals surface area contributed by atoms with Crippen molar-refractivity contribution in [1.29, 1.82) is 0 Å². The van der Waals surface area contributed by atoms with Gasteiger partial charge in [0.2, 0.25) is 11.7 Å². The van der Waals surface area contributed by atoms with Gasteiger partial charge >= 0.3 is 6.09 Å². The van der Waals surface area contributed by atoms with E-state index in [9.17, 15) is 19.2 Å². The van der Waals surface area contributed by atoms with Crippen LogP contribution in [0, 0.1) is 0 Å². The number of ketones is 1. The number of carbonyl (C=O) groups excluding carboxylic acids is 4. The molecule has 0 bridgehead atoms. The Morgan fingerprint density at radius 2 is 2.03 bits per heavy atom. The van der Waals surface area contributed by atoms with Crippen LogP contribution < -0.4 is 16.0 Å². The number of amides is 3. The van der Waals surface area contributed by atoms with Crippen LogP contribution in [0.1, 0.15) is 35.9 Å². The zero-order chi connectivity index (χ0) is 21.3. The molecule has 0 spiro atoms. The van der Waals surface area contributed by atoms with Crippen molar-refractivity contribution in [3.05, 3.63) is 52.5 Å². The fourth-order valence-corrected chi connectivity index (χ4v) is 3.63. The zero-order valence-electron chi connectivity index (χ0n) is 16.1. The molecule has 2 atom stereocenters. The highest BCUT2D eigenvalue weighted by Gasteiger charge is 2.32. The molecule has 30 heavy (non-hydrogen) atoms. The molecule has 0 aliphatic carbocycles. The Morgan fingerprint density at radius 1 is 1.23 bits per heavy atom. The van der Waals surface area contributed by atoms with Gasteiger partial charge in [0.15, 0.2) is 6.04 Å². The van der Waals surface area contributed by atoms with Crippen LogP contribution in [0.25, 0.3) is 0 Å². The first kappa shape index (κ1) is 21.4. The number of carbonyl (C=O) groups is 4. The number of ether oxygens (including phenoxy) is 1. The van der Waals surface area contributed by atoms with Crippen LogP contribution in [-0.4, -0.2) is 41.3 Å². The van der Waals surface area contributed by atoms with Crippen LogP contribution in [-0.2, 0) is 25.7 Å². The number of alkyl carbamates (subject to hydrolysis) is 1. The van der Waals surface area contributed by atoms with Crippen LogP contribution in [0.15, 0.2) is 41.9 Å². The molecule has 158 valence electrons. The van der Waals surface area contributed by atoms with Crippen molar-refractivity contribution in [2.75, 3.05) is 6.54 Å². The number of hydrogen-bond donors (Lipinski definition) is 3. The van der Waals surface area contributed by atoms with Crippen molar-refractivity contribution in [2.24, 2.45) is 0 Å². The quantitative estimate of drug-likeness (QED) is 0.596. The molecule has 2 aromatic rings. The van der Waals surface area contributed by atoms with E-state index in [2.05, 4.69) is 20.9 Å². The maximum absolute atomic E-state index is 12.9. The van der Waals surface area contributed by atoms with Crippen molar-refractivity contribution in [3.8, 4) is 0 Å². The maximum Gasteiger partial charge on any atom is 0.408 e. The second-order valence-corrected chi connectivity index (χ2v) is 7.61. The van der Waals surface area contributed by atoms with Gasteiger partial charge in [0.25, 0.3) is 5.91 Å². The van der Waals surface area contributed by atoms with E-state index in [-0.39, 0.29) is 6.61 Å². The number of Topliss-reactive ketones (excluding diaryl/α,β-unsaturated/α-hetero) is 1. The first-order chi connectivity index (χ1) is 14.5. The van der Waals surface area contributed by atoms with Crippen molar-refractivity contribution < 1.29 is 23.9 Å². The van der Waals surface area contributed by atoms with Crippen molar-refractivity contribution >= 4 is 35.0 Å². The van der Waals surface area contributed by atoms with Gasteiger partial charge in [0.1, 0.15) is 11.6 Å². The Balaban J connectivity index is 1.65. The Morgan fingerprint density at radius 3 is 2.77 bits per heavy atom. The highest BCUT2D eigenvalue weighted by atomic mass is 32.1. The molecular formula is C20H22N4O5S. The highest BCUT2D eigenvalue weighted by molar-refractivity contribution is 7.09. The summed E-state index contributed by atoms with van der Waals surface area (Å²) >= 11 is 1.18. The Hall–Kier alpha value is -3.27. The standard InChI is InChI=1S/C20H22N4O5S/c25-16-14(8-4-5-9-21-18(16)27)23-17(26)15(19-22-10-11-30-19)24-20(28)29-12-13-6-2-1-3-7-13/h1-3,6-7,10-11,14-15H,4-5,8-9,12H2,(H,21,27)(H,23,26)(H,24,28). The average Bonchev–Trinajstić information content (AvgIpc) is 3.28. The molecule has 1 saturated heterocycles. The third kappa shape index (κ3) is 5.86. The minimum absolute atomic E-state index is 0.0418. The normalized spacial score (nSPS) is 17.8. The summed E-state index contributed by atoms with van der Waals surface area (Å²) in [6, 6.07) is 7.02. The van der Waals surface area contributed by atoms with E-state index in [0.29, 0.717) is 30.8 Å². The summed E-state index contributed by atoms with van der Waals surface area (Å²) in [5.41, 5.74) is 0.800. The lowest BCUT2D eigenvalue weighted by atomic mass is 10.0. The van der Waals surface area contributed by atoms with Gasteiger partial charge in [-0.25, -0.2) is 9.78 Å². The van der Waals surface area contributed by atoms with Crippen LogP contribution >= 0.6 is 11.3 Å². The van der Waals surface area contributed by atoms with Gasteiger partial charge in [-0.05, 0) is 24.8 Å². The summed E-state index contributed by atoms with van der Waals surface area (Å²) in [5.74, 6) is -2.05. The summed E-state index contributed by atoms with van der Waals surface area (Å²) in [6.45, 7) is 0.474. The van der Waals surface area contributed by atoms with E-state index < -0.39 is 35.8 Å². The molecule has 10 heteroatoms. The zero-order valence-corrected chi connectivity index (χ0v) is 16.9. The van der Waals surface area contributed by atoms with Gasteiger partial charge < -0.3 is 20.7 Å². The summed E-state index contributed by atoms with van der Waals surface area (Å²) in [5, 5.41) is 9.60. The molecular weight excluding hydrogens is 408 g/mol.